The number of hydrogen-bond donors (Lipinski definition) is 2. The first-order chi connectivity index (χ1) is 9.08. The summed E-state index contributed by atoms with van der Waals surface area (Å²) in [6, 6.07) is 1.68. The quantitative estimate of drug-likeness (QED) is 0.757. The number of sulfonamides is 1. The molecule has 0 aliphatic rings. The molecule has 0 unspecified atom stereocenters. The van der Waals surface area contributed by atoms with Gasteiger partial charge in [-0.25, -0.2) is 18.1 Å². The van der Waals surface area contributed by atoms with Gasteiger partial charge in [-0.2, -0.15) is 5.10 Å². The fourth-order valence-corrected chi connectivity index (χ4v) is 4.06. The van der Waals surface area contributed by atoms with Gasteiger partial charge in [0.15, 0.2) is 15.1 Å². The Labute approximate surface area is 117 Å². The zero-order valence-electron chi connectivity index (χ0n) is 9.37. The molecule has 3 aromatic rings. The van der Waals surface area contributed by atoms with Gasteiger partial charge in [0.1, 0.15) is 0 Å². The van der Waals surface area contributed by atoms with E-state index in [1.54, 1.807) is 23.8 Å². The summed E-state index contributed by atoms with van der Waals surface area (Å²) in [6.45, 7) is 0.107. The third-order valence-corrected chi connectivity index (χ3v) is 5.00. The second-order valence-corrected chi connectivity index (χ2v) is 6.58. The minimum absolute atomic E-state index is 0.0380. The van der Waals surface area contributed by atoms with Gasteiger partial charge >= 0.3 is 0 Å². The first kappa shape index (κ1) is 12.6. The van der Waals surface area contributed by atoms with Crippen molar-refractivity contribution in [1.29, 1.82) is 0 Å². The smallest absolute Gasteiger partial charge is 0.260 e. The normalized spacial score (nSPS) is 12.3. The van der Waals surface area contributed by atoms with Gasteiger partial charge in [0, 0.05) is 17.8 Å². The molecule has 3 aromatic heterocycles. The molecule has 7 nitrogen and oxygen atoms in total. The van der Waals surface area contributed by atoms with Crippen LogP contribution in [0.4, 0.5) is 0 Å². The molecule has 0 amide bonds. The van der Waals surface area contributed by atoms with E-state index in [0.717, 1.165) is 0 Å². The van der Waals surface area contributed by atoms with Crippen LogP contribution < -0.4 is 4.72 Å². The van der Waals surface area contributed by atoms with Crippen LogP contribution in [0.25, 0.3) is 4.96 Å². The number of hydrogen-bond acceptors (Lipinski definition) is 5. The predicted octanol–water partition coefficient (Wildman–Crippen LogP) is 1.25. The maximum atomic E-state index is 12.2. The second kappa shape index (κ2) is 4.60. The van der Waals surface area contributed by atoms with Gasteiger partial charge in [-0.1, -0.05) is 11.6 Å². The maximum Gasteiger partial charge on any atom is 0.260 e. The number of thiazole rings is 1. The van der Waals surface area contributed by atoms with Crippen molar-refractivity contribution in [2.45, 2.75) is 11.6 Å². The van der Waals surface area contributed by atoms with E-state index in [2.05, 4.69) is 19.9 Å². The average Bonchev–Trinajstić information content (AvgIpc) is 3.01. The Morgan fingerprint density at radius 1 is 1.53 bits per heavy atom. The Kier molecular flexibility index (Phi) is 3.05. The Morgan fingerprint density at radius 3 is 3.11 bits per heavy atom. The van der Waals surface area contributed by atoms with Crippen molar-refractivity contribution >= 4 is 37.9 Å². The number of imidazole rings is 1. The van der Waals surface area contributed by atoms with Crippen LogP contribution in [0.5, 0.6) is 0 Å². The zero-order chi connectivity index (χ0) is 13.5. The molecule has 2 N–H and O–H groups in total. The summed E-state index contributed by atoms with van der Waals surface area (Å²) >= 11 is 7.20. The van der Waals surface area contributed by atoms with E-state index in [0.29, 0.717) is 10.7 Å². The van der Waals surface area contributed by atoms with Crippen LogP contribution >= 0.6 is 22.9 Å². The molecule has 10 heteroatoms. The zero-order valence-corrected chi connectivity index (χ0v) is 11.8. The first-order valence-electron chi connectivity index (χ1n) is 5.17. The standard InChI is InChI=1S/C9H8ClN5O2S2/c10-7-8(15-3-4-18-9(15)13-7)19(16,17)12-5-6-1-2-11-14-6/h1-4,12H,5H2,(H,11,14). The fraction of sp³-hybridized carbons (Fsp3) is 0.111. The van der Waals surface area contributed by atoms with Crippen molar-refractivity contribution < 1.29 is 8.42 Å². The van der Waals surface area contributed by atoms with E-state index in [-0.39, 0.29) is 16.7 Å². The third kappa shape index (κ3) is 2.25. The van der Waals surface area contributed by atoms with Crippen molar-refractivity contribution in [3.63, 3.8) is 0 Å². The van der Waals surface area contributed by atoms with Gasteiger partial charge in [0.25, 0.3) is 10.0 Å². The van der Waals surface area contributed by atoms with Crippen molar-refractivity contribution in [3.8, 4) is 0 Å². The molecule has 0 atom stereocenters. The Balaban J connectivity index is 1.95. The first-order valence-corrected chi connectivity index (χ1v) is 7.91. The predicted molar refractivity (Wildman–Crippen MR) is 70.7 cm³/mol. The van der Waals surface area contributed by atoms with Crippen LogP contribution in [-0.2, 0) is 16.6 Å². The highest BCUT2D eigenvalue weighted by molar-refractivity contribution is 7.89. The van der Waals surface area contributed by atoms with Gasteiger partial charge in [0.2, 0.25) is 0 Å². The lowest BCUT2D eigenvalue weighted by molar-refractivity contribution is 0.575. The fourth-order valence-electron chi connectivity index (χ4n) is 1.60. The molecule has 0 saturated heterocycles. The Morgan fingerprint density at radius 2 is 2.37 bits per heavy atom. The SMILES string of the molecule is O=S(=O)(NCc1ccn[nH]1)c1c(Cl)nc2sccn12. The molecule has 0 aliphatic heterocycles. The highest BCUT2D eigenvalue weighted by Crippen LogP contribution is 2.25. The topological polar surface area (TPSA) is 92.1 Å². The molecule has 100 valence electrons. The van der Waals surface area contributed by atoms with Gasteiger partial charge in [-0.05, 0) is 6.07 Å². The number of rotatable bonds is 4. The lowest BCUT2D eigenvalue weighted by Crippen LogP contribution is -2.24. The summed E-state index contributed by atoms with van der Waals surface area (Å²) < 4.78 is 28.4. The van der Waals surface area contributed by atoms with E-state index >= 15 is 0 Å². The molecule has 0 spiro atoms. The van der Waals surface area contributed by atoms with Crippen molar-refractivity contribution in [2.75, 3.05) is 0 Å². The van der Waals surface area contributed by atoms with E-state index < -0.39 is 10.0 Å². The molecular weight excluding hydrogens is 310 g/mol. The maximum absolute atomic E-state index is 12.2. The molecule has 3 rings (SSSR count). The van der Waals surface area contributed by atoms with Gasteiger partial charge in [-0.15, -0.1) is 11.3 Å². The van der Waals surface area contributed by atoms with Crippen LogP contribution in [0.3, 0.4) is 0 Å². The lowest BCUT2D eigenvalue weighted by Gasteiger charge is -2.04. The molecule has 19 heavy (non-hydrogen) atoms. The minimum Gasteiger partial charge on any atom is -0.281 e. The molecule has 0 fully saturated rings. The van der Waals surface area contributed by atoms with Crippen LogP contribution in [0, 0.1) is 0 Å². The number of aromatic amines is 1. The van der Waals surface area contributed by atoms with Crippen LogP contribution in [0.2, 0.25) is 5.15 Å². The highest BCUT2D eigenvalue weighted by atomic mass is 35.5. The van der Waals surface area contributed by atoms with Crippen LogP contribution in [0.15, 0.2) is 28.9 Å². The van der Waals surface area contributed by atoms with E-state index in [1.165, 1.54) is 15.7 Å². The average molecular weight is 318 g/mol. The van der Waals surface area contributed by atoms with E-state index in [9.17, 15) is 8.42 Å². The monoisotopic (exact) mass is 317 g/mol. The van der Waals surface area contributed by atoms with Crippen molar-refractivity contribution in [3.05, 3.63) is 34.7 Å². The summed E-state index contributed by atoms with van der Waals surface area (Å²) in [7, 11) is -3.74. The third-order valence-electron chi connectivity index (χ3n) is 2.44. The summed E-state index contributed by atoms with van der Waals surface area (Å²) in [6.07, 6.45) is 3.16. The molecule has 0 radical (unpaired) electrons. The summed E-state index contributed by atoms with van der Waals surface area (Å²) in [4.78, 5) is 4.53. The second-order valence-electron chi connectivity index (χ2n) is 3.67. The Bertz CT molecular complexity index is 805. The number of aromatic nitrogens is 4. The van der Waals surface area contributed by atoms with Gasteiger partial charge in [-0.3, -0.25) is 9.50 Å². The molecule has 0 aliphatic carbocycles. The largest absolute Gasteiger partial charge is 0.281 e. The molecule has 3 heterocycles. The number of nitrogens with one attached hydrogen (secondary N) is 2. The van der Waals surface area contributed by atoms with Crippen molar-refractivity contribution in [1.82, 2.24) is 24.3 Å². The molecule has 0 aromatic carbocycles. The Hall–Kier alpha value is -1.42. The summed E-state index contributed by atoms with van der Waals surface area (Å²) in [5.74, 6) is 0. The highest BCUT2D eigenvalue weighted by Gasteiger charge is 2.24. The molecular formula is C9H8ClN5O2S2. The van der Waals surface area contributed by atoms with Gasteiger partial charge < -0.3 is 0 Å². The number of nitrogens with zero attached hydrogens (tertiary/aromatic N) is 3. The van der Waals surface area contributed by atoms with Crippen LogP contribution in [0.1, 0.15) is 5.69 Å². The summed E-state index contributed by atoms with van der Waals surface area (Å²) in [5.41, 5.74) is 0.658. The minimum atomic E-state index is -3.74. The summed E-state index contributed by atoms with van der Waals surface area (Å²) in [5, 5.41) is 8.07. The lowest BCUT2D eigenvalue weighted by atomic mass is 10.4. The number of halogens is 1. The molecule has 0 bridgehead atoms. The van der Waals surface area contributed by atoms with Crippen molar-refractivity contribution in [2.24, 2.45) is 0 Å². The van der Waals surface area contributed by atoms with Crippen LogP contribution in [-0.4, -0.2) is 28.0 Å². The van der Waals surface area contributed by atoms with Gasteiger partial charge in [0.05, 0.1) is 12.2 Å². The van der Waals surface area contributed by atoms with E-state index in [4.69, 9.17) is 11.6 Å². The number of H-pyrrole nitrogens is 1. The van der Waals surface area contributed by atoms with E-state index in [1.807, 2.05) is 0 Å². The number of fused-ring (bicyclic) bond motifs is 1. The molecule has 0 saturated carbocycles.